The summed E-state index contributed by atoms with van der Waals surface area (Å²) in [5.74, 6) is 0.903. The minimum Gasteiger partial charge on any atom is -0.443 e. The molecule has 0 fully saturated rings. The van der Waals surface area contributed by atoms with E-state index in [4.69, 9.17) is 10.2 Å². The second kappa shape index (κ2) is 4.03. The first kappa shape index (κ1) is 10.0. The lowest BCUT2D eigenvalue weighted by molar-refractivity contribution is 0.602. The highest BCUT2D eigenvalue weighted by atomic mass is 16.3. The van der Waals surface area contributed by atoms with Crippen LogP contribution in [0.4, 0.5) is 0 Å². The first-order valence-corrected chi connectivity index (χ1v) is 5.44. The van der Waals surface area contributed by atoms with E-state index in [2.05, 4.69) is 15.0 Å². The number of hydrogen-bond donors (Lipinski definition) is 2. The van der Waals surface area contributed by atoms with E-state index in [1.54, 1.807) is 0 Å². The van der Waals surface area contributed by atoms with Crippen LogP contribution in [-0.4, -0.2) is 21.5 Å². The predicted molar refractivity (Wildman–Crippen MR) is 64.3 cm³/mol. The molecular formula is C12H12N4O. The molecule has 0 bridgehead atoms. The lowest BCUT2D eigenvalue weighted by Gasteiger charge is -1.96. The third-order valence-corrected chi connectivity index (χ3v) is 2.65. The number of hydrogen-bond acceptors (Lipinski definition) is 4. The fraction of sp³-hybridized carbons (Fsp3) is 0.167. The van der Waals surface area contributed by atoms with Crippen LogP contribution in [0.1, 0.15) is 5.82 Å². The van der Waals surface area contributed by atoms with Gasteiger partial charge in [0.05, 0.1) is 11.9 Å². The summed E-state index contributed by atoms with van der Waals surface area (Å²) in [7, 11) is 0. The SMILES string of the molecule is NCCc1ncc(-c2ccc3ncoc3c2)[nH]1. The van der Waals surface area contributed by atoms with Crippen LogP contribution in [-0.2, 0) is 6.42 Å². The summed E-state index contributed by atoms with van der Waals surface area (Å²) in [6.07, 6.45) is 4.01. The van der Waals surface area contributed by atoms with Crippen LogP contribution < -0.4 is 5.73 Å². The molecule has 0 radical (unpaired) electrons. The molecule has 3 rings (SSSR count). The van der Waals surface area contributed by atoms with Gasteiger partial charge in [0.25, 0.3) is 0 Å². The average Bonchev–Trinajstić information content (AvgIpc) is 2.96. The van der Waals surface area contributed by atoms with E-state index in [1.807, 2.05) is 24.4 Å². The normalized spacial score (nSPS) is 11.1. The van der Waals surface area contributed by atoms with E-state index >= 15 is 0 Å². The van der Waals surface area contributed by atoms with E-state index in [0.717, 1.165) is 34.6 Å². The molecule has 3 N–H and O–H groups in total. The molecule has 0 aliphatic rings. The molecule has 0 saturated carbocycles. The molecule has 0 unspecified atom stereocenters. The van der Waals surface area contributed by atoms with E-state index in [1.165, 1.54) is 6.39 Å². The van der Waals surface area contributed by atoms with Crippen molar-refractivity contribution < 1.29 is 4.42 Å². The van der Waals surface area contributed by atoms with Gasteiger partial charge in [-0.1, -0.05) is 6.07 Å². The van der Waals surface area contributed by atoms with Crippen LogP contribution in [0.5, 0.6) is 0 Å². The number of nitrogens with zero attached hydrogens (tertiary/aromatic N) is 2. The first-order chi connectivity index (χ1) is 8.36. The van der Waals surface area contributed by atoms with Gasteiger partial charge < -0.3 is 15.1 Å². The zero-order valence-corrected chi connectivity index (χ0v) is 9.18. The maximum atomic E-state index is 5.49. The van der Waals surface area contributed by atoms with Crippen molar-refractivity contribution in [2.45, 2.75) is 6.42 Å². The Morgan fingerprint density at radius 1 is 1.29 bits per heavy atom. The van der Waals surface area contributed by atoms with E-state index in [0.29, 0.717) is 6.54 Å². The monoisotopic (exact) mass is 228 g/mol. The third kappa shape index (κ3) is 1.81. The number of oxazole rings is 1. The van der Waals surface area contributed by atoms with Crippen LogP contribution in [0.3, 0.4) is 0 Å². The molecule has 17 heavy (non-hydrogen) atoms. The summed E-state index contributed by atoms with van der Waals surface area (Å²) in [6, 6.07) is 5.87. The lowest BCUT2D eigenvalue weighted by atomic mass is 10.1. The Kier molecular flexibility index (Phi) is 2.38. The number of nitrogens with one attached hydrogen (secondary N) is 1. The highest BCUT2D eigenvalue weighted by molar-refractivity contribution is 5.78. The summed E-state index contributed by atoms with van der Waals surface area (Å²) >= 11 is 0. The van der Waals surface area contributed by atoms with Crippen molar-refractivity contribution >= 4 is 11.1 Å². The quantitative estimate of drug-likeness (QED) is 0.715. The Bertz CT molecular complexity index is 641. The Labute approximate surface area is 97.7 Å². The van der Waals surface area contributed by atoms with Crippen molar-refractivity contribution in [1.29, 1.82) is 0 Å². The fourth-order valence-corrected chi connectivity index (χ4v) is 1.80. The molecule has 0 amide bonds. The van der Waals surface area contributed by atoms with Crippen LogP contribution in [0.2, 0.25) is 0 Å². The predicted octanol–water partition coefficient (Wildman–Crippen LogP) is 1.72. The first-order valence-electron chi connectivity index (χ1n) is 5.44. The van der Waals surface area contributed by atoms with Crippen LogP contribution in [0.25, 0.3) is 22.4 Å². The van der Waals surface area contributed by atoms with Crippen molar-refractivity contribution in [1.82, 2.24) is 15.0 Å². The van der Waals surface area contributed by atoms with E-state index in [-0.39, 0.29) is 0 Å². The molecule has 0 saturated heterocycles. The van der Waals surface area contributed by atoms with Crippen molar-refractivity contribution in [2.24, 2.45) is 5.73 Å². The summed E-state index contributed by atoms with van der Waals surface area (Å²) in [6.45, 7) is 0.591. The van der Waals surface area contributed by atoms with Crippen molar-refractivity contribution in [3.05, 3.63) is 36.6 Å². The van der Waals surface area contributed by atoms with Gasteiger partial charge in [-0.05, 0) is 18.7 Å². The average molecular weight is 228 g/mol. The number of rotatable bonds is 3. The van der Waals surface area contributed by atoms with Crippen molar-refractivity contribution in [3.63, 3.8) is 0 Å². The van der Waals surface area contributed by atoms with Gasteiger partial charge in [0.2, 0.25) is 0 Å². The number of benzene rings is 1. The number of H-pyrrole nitrogens is 1. The van der Waals surface area contributed by atoms with Gasteiger partial charge >= 0.3 is 0 Å². The molecule has 0 aliphatic heterocycles. The maximum Gasteiger partial charge on any atom is 0.181 e. The highest BCUT2D eigenvalue weighted by Crippen LogP contribution is 2.22. The second-order valence-electron chi connectivity index (χ2n) is 3.82. The minimum absolute atomic E-state index is 0.591. The zero-order chi connectivity index (χ0) is 11.7. The molecule has 0 spiro atoms. The van der Waals surface area contributed by atoms with Gasteiger partial charge in [-0.15, -0.1) is 0 Å². The molecule has 5 heteroatoms. The van der Waals surface area contributed by atoms with Crippen LogP contribution >= 0.6 is 0 Å². The summed E-state index contributed by atoms with van der Waals surface area (Å²) in [5.41, 5.74) is 9.12. The van der Waals surface area contributed by atoms with Crippen LogP contribution in [0.15, 0.2) is 35.2 Å². The van der Waals surface area contributed by atoms with Crippen molar-refractivity contribution in [2.75, 3.05) is 6.54 Å². The third-order valence-electron chi connectivity index (χ3n) is 2.65. The van der Waals surface area contributed by atoms with Gasteiger partial charge in [0.15, 0.2) is 12.0 Å². The number of aromatic amines is 1. The maximum absolute atomic E-state index is 5.49. The molecule has 0 aliphatic carbocycles. The molecule has 3 aromatic rings. The molecule has 2 aromatic heterocycles. The van der Waals surface area contributed by atoms with Gasteiger partial charge in [0.1, 0.15) is 11.3 Å². The zero-order valence-electron chi connectivity index (χ0n) is 9.18. The number of imidazole rings is 1. The van der Waals surface area contributed by atoms with Crippen molar-refractivity contribution in [3.8, 4) is 11.3 Å². The second-order valence-corrected chi connectivity index (χ2v) is 3.82. The fourth-order valence-electron chi connectivity index (χ4n) is 1.80. The molecule has 1 aromatic carbocycles. The molecule has 0 atom stereocenters. The minimum atomic E-state index is 0.591. The van der Waals surface area contributed by atoms with Crippen LogP contribution in [0, 0.1) is 0 Å². The Morgan fingerprint density at radius 2 is 2.24 bits per heavy atom. The Hall–Kier alpha value is -2.14. The number of aromatic nitrogens is 3. The number of nitrogens with two attached hydrogens (primary N) is 1. The Morgan fingerprint density at radius 3 is 3.12 bits per heavy atom. The summed E-state index contributed by atoms with van der Waals surface area (Å²) in [5, 5.41) is 0. The lowest BCUT2D eigenvalue weighted by Crippen LogP contribution is -2.03. The van der Waals surface area contributed by atoms with E-state index in [9.17, 15) is 0 Å². The van der Waals surface area contributed by atoms with Gasteiger partial charge in [-0.3, -0.25) is 0 Å². The molecule has 2 heterocycles. The number of fused-ring (bicyclic) bond motifs is 1. The van der Waals surface area contributed by atoms with Gasteiger partial charge in [-0.2, -0.15) is 0 Å². The largest absolute Gasteiger partial charge is 0.443 e. The highest BCUT2D eigenvalue weighted by Gasteiger charge is 2.05. The summed E-state index contributed by atoms with van der Waals surface area (Å²) < 4.78 is 5.27. The molecule has 5 nitrogen and oxygen atoms in total. The van der Waals surface area contributed by atoms with Gasteiger partial charge in [0, 0.05) is 12.0 Å². The standard InChI is InChI=1S/C12H12N4O/c13-4-3-12-14-6-10(16-12)8-1-2-9-11(5-8)17-7-15-9/h1-2,5-7H,3-4,13H2,(H,14,16). The molecular weight excluding hydrogens is 216 g/mol. The topological polar surface area (TPSA) is 80.7 Å². The molecule has 86 valence electrons. The van der Waals surface area contributed by atoms with E-state index < -0.39 is 0 Å². The summed E-state index contributed by atoms with van der Waals surface area (Å²) in [4.78, 5) is 11.6. The van der Waals surface area contributed by atoms with Gasteiger partial charge in [-0.25, -0.2) is 9.97 Å². The Balaban J connectivity index is 2.00. The smallest absolute Gasteiger partial charge is 0.181 e.